The predicted molar refractivity (Wildman–Crippen MR) is 68.3 cm³/mol. The first-order valence-electron chi connectivity index (χ1n) is 6.32. The van der Waals surface area contributed by atoms with Crippen molar-refractivity contribution in [2.24, 2.45) is 5.92 Å². The highest BCUT2D eigenvalue weighted by Gasteiger charge is 2.39. The normalized spacial score (nSPS) is 26.6. The van der Waals surface area contributed by atoms with Gasteiger partial charge in [-0.15, -0.1) is 0 Å². The molecule has 3 rings (SSSR count). The van der Waals surface area contributed by atoms with Crippen molar-refractivity contribution in [3.05, 3.63) is 47.5 Å². The van der Waals surface area contributed by atoms with Gasteiger partial charge >= 0.3 is 0 Å². The third-order valence-corrected chi connectivity index (χ3v) is 3.70. The molecule has 0 saturated carbocycles. The zero-order valence-corrected chi connectivity index (χ0v) is 10.3. The van der Waals surface area contributed by atoms with Crippen LogP contribution < -0.4 is 0 Å². The molecule has 0 saturated heterocycles. The average molecular weight is 241 g/mol. The predicted octanol–water partition coefficient (Wildman–Crippen LogP) is 2.64. The largest absolute Gasteiger partial charge is 0.269 e. The van der Waals surface area contributed by atoms with E-state index in [4.69, 9.17) is 0 Å². The summed E-state index contributed by atoms with van der Waals surface area (Å²) in [4.78, 5) is 26.0. The summed E-state index contributed by atoms with van der Waals surface area (Å²) in [6, 6.07) is 6.97. The van der Waals surface area contributed by atoms with Crippen LogP contribution in [-0.2, 0) is 0 Å². The Labute approximate surface area is 106 Å². The number of imide groups is 1. The Bertz CT molecular complexity index is 512. The summed E-state index contributed by atoms with van der Waals surface area (Å²) in [5.74, 6) is 0.211. The van der Waals surface area contributed by atoms with Crippen LogP contribution in [-0.4, -0.2) is 22.8 Å². The summed E-state index contributed by atoms with van der Waals surface area (Å²) in [7, 11) is 0. The fraction of sp³-hybridized carbons (Fsp3) is 0.333. The van der Waals surface area contributed by atoms with E-state index in [0.717, 1.165) is 12.8 Å². The van der Waals surface area contributed by atoms with Crippen LogP contribution in [0, 0.1) is 5.92 Å². The third-order valence-electron chi connectivity index (χ3n) is 3.70. The van der Waals surface area contributed by atoms with E-state index in [1.807, 2.05) is 6.08 Å². The van der Waals surface area contributed by atoms with Crippen molar-refractivity contribution in [2.75, 3.05) is 0 Å². The molecule has 1 aromatic carbocycles. The van der Waals surface area contributed by atoms with Crippen LogP contribution >= 0.6 is 0 Å². The molecular formula is C15H15NO2. The Morgan fingerprint density at radius 2 is 1.72 bits per heavy atom. The fourth-order valence-corrected chi connectivity index (χ4v) is 2.76. The van der Waals surface area contributed by atoms with Crippen LogP contribution in [0.5, 0.6) is 0 Å². The summed E-state index contributed by atoms with van der Waals surface area (Å²) < 4.78 is 0. The molecule has 0 bridgehead atoms. The van der Waals surface area contributed by atoms with Gasteiger partial charge in [0.1, 0.15) is 0 Å². The Hall–Kier alpha value is -1.90. The lowest BCUT2D eigenvalue weighted by molar-refractivity contribution is 0.0596. The van der Waals surface area contributed by atoms with Crippen molar-refractivity contribution in [3.63, 3.8) is 0 Å². The number of benzene rings is 1. The highest BCUT2D eigenvalue weighted by atomic mass is 16.2. The van der Waals surface area contributed by atoms with Crippen LogP contribution in [0.4, 0.5) is 0 Å². The first-order valence-corrected chi connectivity index (χ1v) is 6.32. The van der Waals surface area contributed by atoms with Gasteiger partial charge in [-0.25, -0.2) is 0 Å². The number of hydrogen-bond acceptors (Lipinski definition) is 2. The number of carbonyl (C=O) groups is 2. The number of allylic oxidation sites excluding steroid dienone is 1. The molecule has 0 spiro atoms. The first-order chi connectivity index (χ1) is 8.68. The Balaban J connectivity index is 1.97. The standard InChI is InChI=1S/C15H15NO2/c1-10-5-4-6-11(9-10)16-14(17)12-7-2-3-8-13(12)15(16)18/h2-4,6-8,10-11H,5,9H2,1H3/t10-,11-/m1/s1. The highest BCUT2D eigenvalue weighted by Crippen LogP contribution is 2.29. The quantitative estimate of drug-likeness (QED) is 0.560. The summed E-state index contributed by atoms with van der Waals surface area (Å²) >= 11 is 0. The van der Waals surface area contributed by atoms with Crippen LogP contribution in [0.25, 0.3) is 0 Å². The molecule has 0 radical (unpaired) electrons. The van der Waals surface area contributed by atoms with Crippen molar-refractivity contribution >= 4 is 11.8 Å². The van der Waals surface area contributed by atoms with Gasteiger partial charge in [0.05, 0.1) is 17.2 Å². The van der Waals surface area contributed by atoms with Gasteiger partial charge in [-0.1, -0.05) is 31.2 Å². The van der Waals surface area contributed by atoms with E-state index in [1.165, 1.54) is 4.90 Å². The van der Waals surface area contributed by atoms with E-state index in [-0.39, 0.29) is 17.9 Å². The topological polar surface area (TPSA) is 37.4 Å². The van der Waals surface area contributed by atoms with E-state index < -0.39 is 0 Å². The number of nitrogens with zero attached hydrogens (tertiary/aromatic N) is 1. The van der Waals surface area contributed by atoms with Gasteiger partial charge in [-0.3, -0.25) is 14.5 Å². The molecule has 1 aromatic rings. The van der Waals surface area contributed by atoms with E-state index >= 15 is 0 Å². The van der Waals surface area contributed by atoms with Gasteiger partial charge in [0.2, 0.25) is 0 Å². The van der Waals surface area contributed by atoms with E-state index in [1.54, 1.807) is 24.3 Å². The number of fused-ring (bicyclic) bond motifs is 1. The van der Waals surface area contributed by atoms with Gasteiger partial charge in [0.15, 0.2) is 0 Å². The molecule has 0 unspecified atom stereocenters. The molecule has 92 valence electrons. The summed E-state index contributed by atoms with van der Waals surface area (Å²) in [5, 5.41) is 0. The lowest BCUT2D eigenvalue weighted by atomic mass is 9.92. The molecule has 3 heteroatoms. The molecule has 1 heterocycles. The number of rotatable bonds is 1. The van der Waals surface area contributed by atoms with Crippen LogP contribution in [0.15, 0.2) is 36.4 Å². The maximum absolute atomic E-state index is 12.3. The number of hydrogen-bond donors (Lipinski definition) is 0. The molecule has 1 aliphatic heterocycles. The minimum absolute atomic E-state index is 0.0823. The van der Waals surface area contributed by atoms with Crippen LogP contribution in [0.1, 0.15) is 40.5 Å². The maximum Gasteiger partial charge on any atom is 0.262 e. The van der Waals surface area contributed by atoms with Crippen molar-refractivity contribution in [3.8, 4) is 0 Å². The highest BCUT2D eigenvalue weighted by molar-refractivity contribution is 6.21. The summed E-state index contributed by atoms with van der Waals surface area (Å²) in [6.45, 7) is 2.15. The Kier molecular flexibility index (Phi) is 2.54. The molecular weight excluding hydrogens is 226 g/mol. The minimum Gasteiger partial charge on any atom is -0.269 e. The maximum atomic E-state index is 12.3. The van der Waals surface area contributed by atoms with Crippen molar-refractivity contribution < 1.29 is 9.59 Å². The van der Waals surface area contributed by atoms with E-state index in [2.05, 4.69) is 13.0 Å². The second-order valence-corrected chi connectivity index (χ2v) is 5.10. The first kappa shape index (κ1) is 11.2. The van der Waals surface area contributed by atoms with Gasteiger partial charge in [0.25, 0.3) is 11.8 Å². The minimum atomic E-state index is -0.153. The zero-order chi connectivity index (χ0) is 12.7. The van der Waals surface area contributed by atoms with Crippen molar-refractivity contribution in [2.45, 2.75) is 25.8 Å². The number of amides is 2. The van der Waals surface area contributed by atoms with E-state index in [0.29, 0.717) is 17.0 Å². The molecule has 2 atom stereocenters. The van der Waals surface area contributed by atoms with E-state index in [9.17, 15) is 9.59 Å². The molecule has 1 aliphatic carbocycles. The number of carbonyl (C=O) groups excluding carboxylic acids is 2. The SMILES string of the molecule is C[C@@H]1CC=C[C@@H](N2C(=O)c3ccccc3C2=O)C1. The molecule has 0 aromatic heterocycles. The second kappa shape index (κ2) is 4.09. The Morgan fingerprint density at radius 3 is 2.28 bits per heavy atom. The smallest absolute Gasteiger partial charge is 0.262 e. The Morgan fingerprint density at radius 1 is 1.11 bits per heavy atom. The molecule has 0 fully saturated rings. The van der Waals surface area contributed by atoms with Gasteiger partial charge < -0.3 is 0 Å². The van der Waals surface area contributed by atoms with Crippen molar-refractivity contribution in [1.29, 1.82) is 0 Å². The fourth-order valence-electron chi connectivity index (χ4n) is 2.76. The summed E-state index contributed by atoms with van der Waals surface area (Å²) in [6.07, 6.45) is 5.95. The second-order valence-electron chi connectivity index (χ2n) is 5.10. The van der Waals surface area contributed by atoms with Crippen LogP contribution in [0.2, 0.25) is 0 Å². The van der Waals surface area contributed by atoms with Gasteiger partial charge in [-0.2, -0.15) is 0 Å². The lowest BCUT2D eigenvalue weighted by Gasteiger charge is -2.28. The molecule has 2 amide bonds. The monoisotopic (exact) mass is 241 g/mol. The summed E-state index contributed by atoms with van der Waals surface area (Å²) in [5.41, 5.74) is 1.07. The molecule has 0 N–H and O–H groups in total. The average Bonchev–Trinajstić information content (AvgIpc) is 2.63. The molecule has 18 heavy (non-hydrogen) atoms. The lowest BCUT2D eigenvalue weighted by Crippen LogP contribution is -2.40. The van der Waals surface area contributed by atoms with Gasteiger partial charge in [0, 0.05) is 0 Å². The van der Waals surface area contributed by atoms with Crippen molar-refractivity contribution in [1.82, 2.24) is 4.90 Å². The van der Waals surface area contributed by atoms with Gasteiger partial charge in [-0.05, 0) is 30.9 Å². The zero-order valence-electron chi connectivity index (χ0n) is 10.3. The molecule has 3 nitrogen and oxygen atoms in total. The third kappa shape index (κ3) is 1.58. The van der Waals surface area contributed by atoms with Crippen LogP contribution in [0.3, 0.4) is 0 Å². The molecule has 2 aliphatic rings.